The quantitative estimate of drug-likeness (QED) is 0.734. The molecule has 5 nitrogen and oxygen atoms in total. The van der Waals surface area contributed by atoms with E-state index in [1.54, 1.807) is 7.11 Å². The molecular weight excluding hydrogens is 206 g/mol. The molecule has 1 aromatic heterocycles. The van der Waals surface area contributed by atoms with Gasteiger partial charge in [-0.2, -0.15) is 0 Å². The molecule has 0 bridgehead atoms. The highest BCUT2D eigenvalue weighted by atomic mass is 16.5. The van der Waals surface area contributed by atoms with E-state index in [2.05, 4.69) is 4.98 Å². The Morgan fingerprint density at radius 2 is 2.19 bits per heavy atom. The third-order valence-electron chi connectivity index (χ3n) is 2.37. The lowest BCUT2D eigenvalue weighted by atomic mass is 10.3. The number of nitrogens with two attached hydrogens (primary N) is 1. The Hall–Kier alpha value is -1.33. The summed E-state index contributed by atoms with van der Waals surface area (Å²) in [4.78, 5) is 6.35. The van der Waals surface area contributed by atoms with Crippen molar-refractivity contribution in [2.45, 2.75) is 6.92 Å². The van der Waals surface area contributed by atoms with Crippen molar-refractivity contribution in [1.29, 1.82) is 0 Å². The highest BCUT2D eigenvalue weighted by Crippen LogP contribution is 2.15. The van der Waals surface area contributed by atoms with Gasteiger partial charge >= 0.3 is 0 Å². The first-order valence-electron chi connectivity index (χ1n) is 5.27. The molecular formula is C11H19N3O2. The molecule has 0 saturated heterocycles. The molecule has 90 valence electrons. The number of hydrogen-bond donors (Lipinski definition) is 2. The van der Waals surface area contributed by atoms with Gasteiger partial charge in [0.2, 0.25) is 0 Å². The Morgan fingerprint density at radius 3 is 2.75 bits per heavy atom. The number of nitrogens with zero attached hydrogens (tertiary/aromatic N) is 2. The van der Waals surface area contributed by atoms with Crippen molar-refractivity contribution in [3.05, 3.63) is 17.8 Å². The summed E-state index contributed by atoms with van der Waals surface area (Å²) in [7, 11) is 1.65. The molecule has 1 heterocycles. The maximum absolute atomic E-state index is 8.99. The minimum atomic E-state index is 0.0921. The number of pyridine rings is 1. The van der Waals surface area contributed by atoms with E-state index in [1.165, 1.54) is 0 Å². The standard InChI is InChI=1S/C11H19N3O2/c1-9-10(12)3-4-11(13-9)14(5-7-15)6-8-16-2/h3-4,15H,5-8,12H2,1-2H3. The van der Waals surface area contributed by atoms with E-state index >= 15 is 0 Å². The fourth-order valence-corrected chi connectivity index (χ4v) is 1.40. The van der Waals surface area contributed by atoms with Gasteiger partial charge in [0.05, 0.1) is 24.6 Å². The second-order valence-electron chi connectivity index (χ2n) is 3.55. The van der Waals surface area contributed by atoms with Crippen molar-refractivity contribution in [3.8, 4) is 0 Å². The number of anilines is 2. The van der Waals surface area contributed by atoms with E-state index in [0.29, 0.717) is 25.4 Å². The predicted molar refractivity (Wildman–Crippen MR) is 64.6 cm³/mol. The highest BCUT2D eigenvalue weighted by molar-refractivity contribution is 5.50. The average Bonchev–Trinajstić information content (AvgIpc) is 2.28. The van der Waals surface area contributed by atoms with Gasteiger partial charge in [-0.15, -0.1) is 0 Å². The molecule has 0 amide bonds. The van der Waals surface area contributed by atoms with Crippen LogP contribution in [0, 0.1) is 6.92 Å². The van der Waals surface area contributed by atoms with E-state index in [1.807, 2.05) is 24.0 Å². The summed E-state index contributed by atoms with van der Waals surface area (Å²) < 4.78 is 5.02. The van der Waals surface area contributed by atoms with Gasteiger partial charge in [-0.25, -0.2) is 4.98 Å². The normalized spacial score (nSPS) is 10.4. The van der Waals surface area contributed by atoms with Gasteiger partial charge in [0.1, 0.15) is 5.82 Å². The summed E-state index contributed by atoms with van der Waals surface area (Å²) in [6.07, 6.45) is 0. The summed E-state index contributed by atoms with van der Waals surface area (Å²) >= 11 is 0. The number of hydrogen-bond acceptors (Lipinski definition) is 5. The van der Waals surface area contributed by atoms with Crippen LogP contribution in [0.5, 0.6) is 0 Å². The fraction of sp³-hybridized carbons (Fsp3) is 0.545. The predicted octanol–water partition coefficient (Wildman–Crippen LogP) is 0.417. The largest absolute Gasteiger partial charge is 0.397 e. The third kappa shape index (κ3) is 3.36. The van der Waals surface area contributed by atoms with E-state index in [9.17, 15) is 0 Å². The Bertz CT molecular complexity index is 331. The molecule has 0 saturated carbocycles. The van der Waals surface area contributed by atoms with Gasteiger partial charge in [0, 0.05) is 20.2 Å². The zero-order valence-electron chi connectivity index (χ0n) is 9.81. The SMILES string of the molecule is COCCN(CCO)c1ccc(N)c(C)n1. The van der Waals surface area contributed by atoms with Crippen LogP contribution in [0.3, 0.4) is 0 Å². The smallest absolute Gasteiger partial charge is 0.129 e. The molecule has 1 aromatic rings. The van der Waals surface area contributed by atoms with Gasteiger partial charge in [-0.05, 0) is 19.1 Å². The Morgan fingerprint density at radius 1 is 1.44 bits per heavy atom. The van der Waals surface area contributed by atoms with Crippen LogP contribution in [0.25, 0.3) is 0 Å². The molecule has 3 N–H and O–H groups in total. The third-order valence-corrected chi connectivity index (χ3v) is 2.37. The maximum atomic E-state index is 8.99. The number of nitrogen functional groups attached to an aromatic ring is 1. The number of aromatic nitrogens is 1. The van der Waals surface area contributed by atoms with Crippen molar-refractivity contribution >= 4 is 11.5 Å². The lowest BCUT2D eigenvalue weighted by Crippen LogP contribution is -2.31. The average molecular weight is 225 g/mol. The molecule has 0 spiro atoms. The van der Waals surface area contributed by atoms with Crippen LogP contribution in [-0.4, -0.2) is 43.5 Å². The molecule has 0 fully saturated rings. The lowest BCUT2D eigenvalue weighted by molar-refractivity contribution is 0.202. The van der Waals surface area contributed by atoms with Gasteiger partial charge in [-0.1, -0.05) is 0 Å². The van der Waals surface area contributed by atoms with Crippen LogP contribution >= 0.6 is 0 Å². The first kappa shape index (κ1) is 12.7. The topological polar surface area (TPSA) is 71.6 Å². The minimum absolute atomic E-state index is 0.0921. The van der Waals surface area contributed by atoms with Crippen LogP contribution in [0.2, 0.25) is 0 Å². The molecule has 0 aliphatic rings. The molecule has 0 aliphatic heterocycles. The first-order valence-corrected chi connectivity index (χ1v) is 5.27. The zero-order valence-corrected chi connectivity index (χ0v) is 9.81. The van der Waals surface area contributed by atoms with E-state index in [0.717, 1.165) is 11.5 Å². The van der Waals surface area contributed by atoms with E-state index in [4.69, 9.17) is 15.6 Å². The lowest BCUT2D eigenvalue weighted by Gasteiger charge is -2.22. The van der Waals surface area contributed by atoms with Gasteiger partial charge in [0.15, 0.2) is 0 Å². The summed E-state index contributed by atoms with van der Waals surface area (Å²) in [6.45, 7) is 3.80. The van der Waals surface area contributed by atoms with Gasteiger partial charge in [-0.3, -0.25) is 0 Å². The number of aliphatic hydroxyl groups excluding tert-OH is 1. The van der Waals surface area contributed by atoms with Crippen molar-refractivity contribution in [2.75, 3.05) is 44.0 Å². The second kappa shape index (κ2) is 6.30. The van der Waals surface area contributed by atoms with Crippen molar-refractivity contribution in [2.24, 2.45) is 0 Å². The molecule has 0 radical (unpaired) electrons. The Labute approximate surface area is 95.8 Å². The minimum Gasteiger partial charge on any atom is -0.397 e. The summed E-state index contributed by atoms with van der Waals surface area (Å²) in [5.74, 6) is 0.817. The van der Waals surface area contributed by atoms with Crippen LogP contribution in [0.4, 0.5) is 11.5 Å². The van der Waals surface area contributed by atoms with Crippen molar-refractivity contribution < 1.29 is 9.84 Å². The monoisotopic (exact) mass is 225 g/mol. The molecule has 0 aliphatic carbocycles. The summed E-state index contributed by atoms with van der Waals surface area (Å²) in [5.41, 5.74) is 7.19. The summed E-state index contributed by atoms with van der Waals surface area (Å²) in [5, 5.41) is 8.99. The highest BCUT2D eigenvalue weighted by Gasteiger charge is 2.08. The van der Waals surface area contributed by atoms with Crippen LogP contribution in [0.1, 0.15) is 5.69 Å². The van der Waals surface area contributed by atoms with Gasteiger partial charge < -0.3 is 20.5 Å². The summed E-state index contributed by atoms with van der Waals surface area (Å²) in [6, 6.07) is 3.68. The number of ether oxygens (including phenoxy) is 1. The molecule has 16 heavy (non-hydrogen) atoms. The van der Waals surface area contributed by atoms with E-state index in [-0.39, 0.29) is 6.61 Å². The number of aryl methyl sites for hydroxylation is 1. The first-order chi connectivity index (χ1) is 7.69. The molecule has 1 rings (SSSR count). The molecule has 5 heteroatoms. The van der Waals surface area contributed by atoms with Crippen LogP contribution < -0.4 is 10.6 Å². The fourth-order valence-electron chi connectivity index (χ4n) is 1.40. The van der Waals surface area contributed by atoms with Crippen molar-refractivity contribution in [1.82, 2.24) is 4.98 Å². The van der Waals surface area contributed by atoms with Crippen LogP contribution in [-0.2, 0) is 4.74 Å². The van der Waals surface area contributed by atoms with Crippen molar-refractivity contribution in [3.63, 3.8) is 0 Å². The number of aliphatic hydroxyl groups is 1. The molecule has 0 atom stereocenters. The second-order valence-corrected chi connectivity index (χ2v) is 3.55. The zero-order chi connectivity index (χ0) is 12.0. The number of methoxy groups -OCH3 is 1. The van der Waals surface area contributed by atoms with Crippen LogP contribution in [0.15, 0.2) is 12.1 Å². The Balaban J connectivity index is 2.78. The molecule has 0 unspecified atom stereocenters. The maximum Gasteiger partial charge on any atom is 0.129 e. The van der Waals surface area contributed by atoms with E-state index < -0.39 is 0 Å². The number of rotatable bonds is 6. The molecule has 0 aromatic carbocycles. The van der Waals surface area contributed by atoms with Gasteiger partial charge in [0.25, 0.3) is 0 Å². The Kier molecular flexibility index (Phi) is 5.01.